The highest BCUT2D eigenvalue weighted by atomic mass is 32.1. The number of hydrogen-bond acceptors (Lipinski definition) is 4. The Morgan fingerprint density at radius 2 is 2.04 bits per heavy atom. The molecule has 2 fully saturated rings. The van der Waals surface area contributed by atoms with Gasteiger partial charge in [0.05, 0.1) is 5.01 Å². The number of likely N-dealkylation sites (tertiary alicyclic amines) is 1. The fourth-order valence-electron chi connectivity index (χ4n) is 4.03. The van der Waals surface area contributed by atoms with E-state index in [1.165, 1.54) is 6.92 Å². The fraction of sp³-hybridized carbons (Fsp3) is 0.722. The molecule has 1 aromatic rings. The highest BCUT2D eigenvalue weighted by molar-refractivity contribution is 7.09. The van der Waals surface area contributed by atoms with Crippen molar-refractivity contribution in [2.75, 3.05) is 13.1 Å². The Labute approximate surface area is 147 Å². The molecular formula is C18H27N3O2S. The predicted molar refractivity (Wildman–Crippen MR) is 95.0 cm³/mol. The fourth-order valence-corrected chi connectivity index (χ4v) is 4.95. The van der Waals surface area contributed by atoms with Crippen molar-refractivity contribution in [1.29, 1.82) is 0 Å². The second kappa shape index (κ2) is 7.64. The summed E-state index contributed by atoms with van der Waals surface area (Å²) in [7, 11) is 0. The summed E-state index contributed by atoms with van der Waals surface area (Å²) in [6.07, 6.45) is 6.50. The molecule has 1 aromatic heterocycles. The molecule has 2 aliphatic rings. The Hall–Kier alpha value is -1.43. The van der Waals surface area contributed by atoms with Crippen molar-refractivity contribution >= 4 is 23.2 Å². The zero-order valence-electron chi connectivity index (χ0n) is 14.6. The van der Waals surface area contributed by atoms with Crippen LogP contribution in [0.25, 0.3) is 0 Å². The molecule has 1 saturated carbocycles. The normalized spacial score (nSPS) is 23.2. The van der Waals surface area contributed by atoms with E-state index in [2.05, 4.69) is 15.7 Å². The van der Waals surface area contributed by atoms with E-state index in [0.717, 1.165) is 62.3 Å². The van der Waals surface area contributed by atoms with E-state index in [1.54, 1.807) is 11.3 Å². The van der Waals surface area contributed by atoms with Gasteiger partial charge in [-0.3, -0.25) is 9.59 Å². The summed E-state index contributed by atoms with van der Waals surface area (Å²) < 4.78 is 0. The van der Waals surface area contributed by atoms with Crippen LogP contribution in [0.3, 0.4) is 0 Å². The number of rotatable bonds is 4. The van der Waals surface area contributed by atoms with Crippen LogP contribution >= 0.6 is 11.3 Å². The number of piperidine rings is 1. The van der Waals surface area contributed by atoms with Gasteiger partial charge in [-0.15, -0.1) is 11.3 Å². The van der Waals surface area contributed by atoms with Crippen LogP contribution in [-0.2, 0) is 9.59 Å². The molecular weight excluding hydrogens is 322 g/mol. The van der Waals surface area contributed by atoms with Gasteiger partial charge in [-0.05, 0) is 38.5 Å². The van der Waals surface area contributed by atoms with Gasteiger partial charge >= 0.3 is 0 Å². The van der Waals surface area contributed by atoms with Gasteiger partial charge in [0.2, 0.25) is 11.8 Å². The van der Waals surface area contributed by atoms with Gasteiger partial charge in [0.15, 0.2) is 0 Å². The van der Waals surface area contributed by atoms with E-state index in [1.807, 2.05) is 11.8 Å². The first kappa shape index (κ1) is 17.4. The van der Waals surface area contributed by atoms with Crippen LogP contribution in [0.5, 0.6) is 0 Å². The molecule has 0 aromatic carbocycles. The molecule has 1 aliphatic carbocycles. The predicted octanol–water partition coefficient (Wildman–Crippen LogP) is 2.85. The monoisotopic (exact) mass is 349 g/mol. The maximum Gasteiger partial charge on any atom is 0.245 e. The van der Waals surface area contributed by atoms with Gasteiger partial charge < -0.3 is 10.2 Å². The number of thiazole rings is 1. The molecule has 5 nitrogen and oxygen atoms in total. The Balaban J connectivity index is 1.70. The summed E-state index contributed by atoms with van der Waals surface area (Å²) in [4.78, 5) is 31.3. The average molecular weight is 350 g/mol. The number of hydrogen-bond donors (Lipinski definition) is 1. The van der Waals surface area contributed by atoms with Crippen LogP contribution < -0.4 is 5.32 Å². The number of amides is 2. The highest BCUT2D eigenvalue weighted by Gasteiger charge is 2.36. The minimum absolute atomic E-state index is 0.107. The van der Waals surface area contributed by atoms with E-state index in [4.69, 9.17) is 0 Å². The topological polar surface area (TPSA) is 62.3 Å². The smallest absolute Gasteiger partial charge is 0.245 e. The summed E-state index contributed by atoms with van der Waals surface area (Å²) in [5.74, 6) is 0.631. The largest absolute Gasteiger partial charge is 0.344 e. The lowest BCUT2D eigenvalue weighted by molar-refractivity contribution is -0.138. The maximum absolute atomic E-state index is 13.1. The van der Waals surface area contributed by atoms with Crippen LogP contribution in [0.4, 0.5) is 0 Å². The molecule has 0 radical (unpaired) electrons. The first-order valence-electron chi connectivity index (χ1n) is 9.02. The summed E-state index contributed by atoms with van der Waals surface area (Å²) in [6.45, 7) is 5.04. The number of aromatic nitrogens is 1. The quantitative estimate of drug-likeness (QED) is 0.909. The molecule has 2 amide bonds. The molecule has 1 aliphatic heterocycles. The van der Waals surface area contributed by atoms with Gasteiger partial charge in [0, 0.05) is 37.0 Å². The zero-order chi connectivity index (χ0) is 17.1. The summed E-state index contributed by atoms with van der Waals surface area (Å²) in [5.41, 5.74) is 1.06. The van der Waals surface area contributed by atoms with Crippen LogP contribution in [0, 0.1) is 12.8 Å². The maximum atomic E-state index is 13.1. The van der Waals surface area contributed by atoms with Crippen molar-refractivity contribution in [3.8, 4) is 0 Å². The van der Waals surface area contributed by atoms with Crippen molar-refractivity contribution < 1.29 is 9.59 Å². The minimum Gasteiger partial charge on any atom is -0.344 e. The van der Waals surface area contributed by atoms with E-state index in [0.29, 0.717) is 11.8 Å². The lowest BCUT2D eigenvalue weighted by atomic mass is 9.93. The van der Waals surface area contributed by atoms with Gasteiger partial charge in [-0.1, -0.05) is 12.8 Å². The molecule has 3 rings (SSSR count). The Bertz CT molecular complexity index is 595. The van der Waals surface area contributed by atoms with Crippen LogP contribution in [0.15, 0.2) is 5.38 Å². The first-order valence-corrected chi connectivity index (χ1v) is 9.90. The van der Waals surface area contributed by atoms with Gasteiger partial charge in [0.1, 0.15) is 6.04 Å². The van der Waals surface area contributed by atoms with Crippen molar-refractivity contribution in [2.24, 2.45) is 5.92 Å². The van der Waals surface area contributed by atoms with Gasteiger partial charge in [-0.25, -0.2) is 4.98 Å². The van der Waals surface area contributed by atoms with E-state index < -0.39 is 0 Å². The van der Waals surface area contributed by atoms with Crippen LogP contribution in [0.1, 0.15) is 62.1 Å². The van der Waals surface area contributed by atoms with Crippen molar-refractivity contribution in [3.63, 3.8) is 0 Å². The minimum atomic E-state index is -0.346. The number of nitrogens with zero attached hydrogens (tertiary/aromatic N) is 2. The zero-order valence-corrected chi connectivity index (χ0v) is 15.4. The lowest BCUT2D eigenvalue weighted by Gasteiger charge is -2.36. The molecule has 6 heteroatoms. The van der Waals surface area contributed by atoms with E-state index >= 15 is 0 Å². The molecule has 2 heterocycles. The highest BCUT2D eigenvalue weighted by Crippen LogP contribution is 2.32. The molecule has 0 bridgehead atoms. The first-order chi connectivity index (χ1) is 11.5. The standard InChI is InChI=1S/C18H27N3O2S/c1-12-11-24-17(19-12)15-8-5-9-21(10-15)18(23)16(20-13(2)22)14-6-3-4-7-14/h11,14-16H,3-10H2,1-2H3,(H,20,22). The number of aryl methyl sites for hydroxylation is 1. The van der Waals surface area contributed by atoms with Crippen molar-refractivity contribution in [1.82, 2.24) is 15.2 Å². The Morgan fingerprint density at radius 3 is 2.67 bits per heavy atom. The van der Waals surface area contributed by atoms with E-state index in [9.17, 15) is 9.59 Å². The van der Waals surface area contributed by atoms with Crippen LogP contribution in [0.2, 0.25) is 0 Å². The van der Waals surface area contributed by atoms with Gasteiger partial charge in [0.25, 0.3) is 0 Å². The Kier molecular flexibility index (Phi) is 5.54. The number of carbonyl (C=O) groups excluding carboxylic acids is 2. The van der Waals surface area contributed by atoms with Crippen LogP contribution in [-0.4, -0.2) is 40.8 Å². The second-order valence-corrected chi connectivity index (χ2v) is 8.06. The summed E-state index contributed by atoms with van der Waals surface area (Å²) in [5, 5.41) is 6.15. The number of nitrogens with one attached hydrogen (secondary N) is 1. The summed E-state index contributed by atoms with van der Waals surface area (Å²) in [6, 6.07) is -0.346. The average Bonchev–Trinajstić information content (AvgIpc) is 3.23. The lowest BCUT2D eigenvalue weighted by Crippen LogP contribution is -2.53. The second-order valence-electron chi connectivity index (χ2n) is 7.17. The SMILES string of the molecule is CC(=O)NC(C(=O)N1CCCC(c2nc(C)cs2)C1)C1CCCC1. The molecule has 1 N–H and O–H groups in total. The molecule has 1 saturated heterocycles. The summed E-state index contributed by atoms with van der Waals surface area (Å²) >= 11 is 1.70. The van der Waals surface area contributed by atoms with Crippen molar-refractivity contribution in [3.05, 3.63) is 16.1 Å². The third-order valence-corrected chi connectivity index (χ3v) is 6.34. The van der Waals surface area contributed by atoms with E-state index in [-0.39, 0.29) is 17.9 Å². The van der Waals surface area contributed by atoms with Gasteiger partial charge in [-0.2, -0.15) is 0 Å². The molecule has 24 heavy (non-hydrogen) atoms. The third kappa shape index (κ3) is 3.97. The molecule has 132 valence electrons. The Morgan fingerprint density at radius 1 is 1.29 bits per heavy atom. The van der Waals surface area contributed by atoms with Crippen molar-refractivity contribution in [2.45, 2.75) is 64.3 Å². The molecule has 0 spiro atoms. The molecule has 2 unspecified atom stereocenters. The third-order valence-electron chi connectivity index (χ3n) is 5.22. The molecule has 2 atom stereocenters. The number of carbonyl (C=O) groups is 2.